The first kappa shape index (κ1) is 18.2. The van der Waals surface area contributed by atoms with Crippen molar-refractivity contribution < 1.29 is 21.6 Å². The van der Waals surface area contributed by atoms with E-state index >= 15 is 0 Å². The van der Waals surface area contributed by atoms with E-state index < -0.39 is 21.8 Å². The smallest absolute Gasteiger partial charge is 0.341 e. The van der Waals surface area contributed by atoms with Crippen molar-refractivity contribution in [2.45, 2.75) is 11.1 Å². The van der Waals surface area contributed by atoms with Gasteiger partial charge in [0.25, 0.3) is 0 Å². The molecule has 0 N–H and O–H groups in total. The lowest BCUT2D eigenvalue weighted by atomic mass is 10.2. The van der Waals surface area contributed by atoms with Crippen LogP contribution >= 0.6 is 0 Å². The second-order valence-corrected chi connectivity index (χ2v) is 7.56. The average Bonchev–Trinajstić information content (AvgIpc) is 3.12. The maximum atomic E-state index is 12.8. The molecule has 1 aromatic carbocycles. The van der Waals surface area contributed by atoms with E-state index in [0.717, 1.165) is 22.6 Å². The predicted octanol–water partition coefficient (Wildman–Crippen LogP) is 2.44. The molecule has 1 saturated heterocycles. The van der Waals surface area contributed by atoms with Crippen LogP contribution < -0.4 is 4.90 Å². The van der Waals surface area contributed by atoms with Crippen molar-refractivity contribution in [2.75, 3.05) is 24.7 Å². The fourth-order valence-electron chi connectivity index (χ4n) is 2.57. The highest BCUT2D eigenvalue weighted by atomic mass is 32.2. The number of halogens is 3. The van der Waals surface area contributed by atoms with E-state index in [2.05, 4.69) is 4.98 Å². The number of hydrogen-bond donors (Lipinski definition) is 0. The summed E-state index contributed by atoms with van der Waals surface area (Å²) >= 11 is 0. The maximum absolute atomic E-state index is 12.8. The summed E-state index contributed by atoms with van der Waals surface area (Å²) in [5.74, 6) is 0.0670. The molecule has 1 aliphatic heterocycles. The summed E-state index contributed by atoms with van der Waals surface area (Å²) in [5, 5.41) is 8.78. The van der Waals surface area contributed by atoms with Gasteiger partial charge >= 0.3 is 6.18 Å². The summed E-state index contributed by atoms with van der Waals surface area (Å²) in [6, 6.07) is 9.13. The van der Waals surface area contributed by atoms with Crippen LogP contribution in [0.15, 0.2) is 47.5 Å². The van der Waals surface area contributed by atoms with Crippen LogP contribution in [0.5, 0.6) is 0 Å². The van der Waals surface area contributed by atoms with E-state index in [1.165, 1.54) is 29.2 Å². The van der Waals surface area contributed by atoms with Crippen molar-refractivity contribution in [3.05, 3.63) is 53.7 Å². The second kappa shape index (κ2) is 6.59. The molecule has 0 bridgehead atoms. The third kappa shape index (κ3) is 3.49. The van der Waals surface area contributed by atoms with Gasteiger partial charge in [-0.15, -0.1) is 0 Å². The Bertz CT molecular complexity index is 953. The van der Waals surface area contributed by atoms with Crippen LogP contribution in [-0.4, -0.2) is 37.5 Å². The van der Waals surface area contributed by atoms with Crippen molar-refractivity contribution in [3.63, 3.8) is 0 Å². The predicted molar refractivity (Wildman–Crippen MR) is 86.5 cm³/mol. The van der Waals surface area contributed by atoms with Crippen molar-refractivity contribution in [3.8, 4) is 6.07 Å². The van der Waals surface area contributed by atoms with Crippen LogP contribution in [0.2, 0.25) is 0 Å². The third-order valence-electron chi connectivity index (χ3n) is 3.97. The normalized spacial score (nSPS) is 15.8. The highest BCUT2D eigenvalue weighted by Gasteiger charge is 2.34. The van der Waals surface area contributed by atoms with Gasteiger partial charge in [-0.1, -0.05) is 0 Å². The van der Waals surface area contributed by atoms with Crippen LogP contribution in [0.3, 0.4) is 0 Å². The van der Waals surface area contributed by atoms with Gasteiger partial charge in [-0.3, -0.25) is 0 Å². The molecule has 1 aliphatic rings. The largest absolute Gasteiger partial charge is 0.416 e. The van der Waals surface area contributed by atoms with E-state index in [1.807, 2.05) is 6.07 Å². The lowest BCUT2D eigenvalue weighted by Gasteiger charge is -2.20. The van der Waals surface area contributed by atoms with Crippen LogP contribution in [0.4, 0.5) is 19.0 Å². The number of rotatable bonds is 3. The number of nitrogens with zero attached hydrogens (tertiary/aromatic N) is 4. The molecule has 0 unspecified atom stereocenters. The molecular weight excluding hydrogens is 369 g/mol. The van der Waals surface area contributed by atoms with Gasteiger partial charge in [0.2, 0.25) is 10.0 Å². The molecule has 6 nitrogen and oxygen atoms in total. The summed E-state index contributed by atoms with van der Waals surface area (Å²) in [5.41, 5.74) is -0.504. The first-order chi connectivity index (χ1) is 12.2. The quantitative estimate of drug-likeness (QED) is 0.815. The third-order valence-corrected chi connectivity index (χ3v) is 5.81. The summed E-state index contributed by atoms with van der Waals surface area (Å²) < 4.78 is 65.0. The highest BCUT2D eigenvalue weighted by molar-refractivity contribution is 7.89. The van der Waals surface area contributed by atoms with Gasteiger partial charge in [-0.25, -0.2) is 13.4 Å². The lowest BCUT2D eigenvalue weighted by molar-refractivity contribution is -0.137. The minimum atomic E-state index is -4.49. The summed E-state index contributed by atoms with van der Waals surface area (Å²) in [7, 11) is -3.81. The molecule has 3 rings (SSSR count). The van der Waals surface area contributed by atoms with E-state index in [0.29, 0.717) is 5.56 Å². The second-order valence-electron chi connectivity index (χ2n) is 5.62. The molecular formula is C16H13F3N4O2S. The van der Waals surface area contributed by atoms with Crippen molar-refractivity contribution in [1.29, 1.82) is 5.26 Å². The monoisotopic (exact) mass is 382 g/mol. The van der Waals surface area contributed by atoms with Gasteiger partial charge in [-0.05, 0) is 36.4 Å². The zero-order valence-corrected chi connectivity index (χ0v) is 14.1. The molecule has 2 heterocycles. The Hall–Kier alpha value is -2.64. The SMILES string of the molecule is N#Cc1ccc(S(=O)(=O)N2CCN(c3cc(C(F)(F)F)ccn3)C2)cc1. The van der Waals surface area contributed by atoms with Crippen LogP contribution in [0.1, 0.15) is 11.1 Å². The van der Waals surface area contributed by atoms with Crippen molar-refractivity contribution in [1.82, 2.24) is 9.29 Å². The molecule has 0 aliphatic carbocycles. The van der Waals surface area contributed by atoms with Gasteiger partial charge in [0.05, 0.1) is 28.8 Å². The van der Waals surface area contributed by atoms with Crippen LogP contribution in [0, 0.1) is 11.3 Å². The standard InChI is InChI=1S/C16H13F3N4O2S/c17-16(18,19)13-5-6-21-15(9-13)22-7-8-23(11-22)26(24,25)14-3-1-12(10-20)2-4-14/h1-6,9H,7-8,11H2. The number of sulfonamides is 1. The Morgan fingerprint density at radius 2 is 1.81 bits per heavy atom. The minimum absolute atomic E-state index is 0.0235. The number of pyridine rings is 1. The Morgan fingerprint density at radius 1 is 1.12 bits per heavy atom. The van der Waals surface area contributed by atoms with Gasteiger partial charge in [0.1, 0.15) is 5.82 Å². The molecule has 26 heavy (non-hydrogen) atoms. The summed E-state index contributed by atoms with van der Waals surface area (Å²) in [4.78, 5) is 5.41. The van der Waals surface area contributed by atoms with Crippen LogP contribution in [0.25, 0.3) is 0 Å². The first-order valence-electron chi connectivity index (χ1n) is 7.50. The van der Waals surface area contributed by atoms with E-state index in [-0.39, 0.29) is 30.5 Å². The van der Waals surface area contributed by atoms with E-state index in [1.54, 1.807) is 0 Å². The number of aromatic nitrogens is 1. The Kier molecular flexibility index (Phi) is 4.60. The summed E-state index contributed by atoms with van der Waals surface area (Å²) in [6.45, 7) is 0.251. The molecule has 0 spiro atoms. The fourth-order valence-corrected chi connectivity index (χ4v) is 3.96. The van der Waals surface area contributed by atoms with Gasteiger partial charge in [0.15, 0.2) is 0 Å². The lowest BCUT2D eigenvalue weighted by Crippen LogP contribution is -2.31. The van der Waals surface area contributed by atoms with Gasteiger partial charge < -0.3 is 4.90 Å². The molecule has 0 atom stereocenters. The molecule has 2 aromatic rings. The zero-order chi connectivity index (χ0) is 18.9. The number of anilines is 1. The molecule has 10 heteroatoms. The number of nitriles is 1. The molecule has 136 valence electrons. The molecule has 0 saturated carbocycles. The Morgan fingerprint density at radius 3 is 2.42 bits per heavy atom. The maximum Gasteiger partial charge on any atom is 0.416 e. The van der Waals surface area contributed by atoms with Gasteiger partial charge in [0, 0.05) is 19.3 Å². The van der Waals surface area contributed by atoms with Crippen molar-refractivity contribution >= 4 is 15.8 Å². The summed E-state index contributed by atoms with van der Waals surface area (Å²) in [6.07, 6.45) is -3.44. The molecule has 1 fully saturated rings. The van der Waals surface area contributed by atoms with Gasteiger partial charge in [-0.2, -0.15) is 22.7 Å². The highest BCUT2D eigenvalue weighted by Crippen LogP contribution is 2.31. The number of benzene rings is 1. The zero-order valence-electron chi connectivity index (χ0n) is 13.3. The average molecular weight is 382 g/mol. The molecule has 0 amide bonds. The fraction of sp³-hybridized carbons (Fsp3) is 0.250. The number of hydrogen-bond acceptors (Lipinski definition) is 5. The Balaban J connectivity index is 1.81. The molecule has 0 radical (unpaired) electrons. The van der Waals surface area contributed by atoms with E-state index in [4.69, 9.17) is 5.26 Å². The first-order valence-corrected chi connectivity index (χ1v) is 8.94. The van der Waals surface area contributed by atoms with E-state index in [9.17, 15) is 21.6 Å². The Labute approximate surface area is 148 Å². The topological polar surface area (TPSA) is 77.3 Å². The molecule has 1 aromatic heterocycles. The number of alkyl halides is 3. The van der Waals surface area contributed by atoms with Crippen LogP contribution in [-0.2, 0) is 16.2 Å². The van der Waals surface area contributed by atoms with Crippen molar-refractivity contribution in [2.24, 2.45) is 0 Å². The minimum Gasteiger partial charge on any atom is -0.341 e.